The molecule has 0 amide bonds. The molecule has 1 aromatic heterocycles. The van der Waals surface area contributed by atoms with Gasteiger partial charge in [0.1, 0.15) is 17.5 Å². The first kappa shape index (κ1) is 19.1. The molecule has 7 heteroatoms. The molecule has 1 fully saturated rings. The Labute approximate surface area is 158 Å². The van der Waals surface area contributed by atoms with Gasteiger partial charge in [-0.1, -0.05) is 6.07 Å². The van der Waals surface area contributed by atoms with Crippen molar-refractivity contribution in [2.75, 3.05) is 44.2 Å². The summed E-state index contributed by atoms with van der Waals surface area (Å²) in [4.78, 5) is 13.5. The number of anilines is 1. The van der Waals surface area contributed by atoms with Crippen LogP contribution in [0.15, 0.2) is 47.6 Å². The summed E-state index contributed by atoms with van der Waals surface area (Å²) in [6.07, 6.45) is 2.31. The summed E-state index contributed by atoms with van der Waals surface area (Å²) in [5.41, 5.74) is 0.618. The van der Waals surface area contributed by atoms with Gasteiger partial charge in [0.25, 0.3) is 0 Å². The van der Waals surface area contributed by atoms with E-state index < -0.39 is 11.6 Å². The monoisotopic (exact) mass is 373 g/mol. The quantitative estimate of drug-likeness (QED) is 0.647. The van der Waals surface area contributed by atoms with Gasteiger partial charge in [-0.05, 0) is 43.2 Å². The lowest BCUT2D eigenvalue weighted by molar-refractivity contribution is 0.371. The minimum atomic E-state index is -0.550. The Bertz CT molecular complexity index is 738. The summed E-state index contributed by atoms with van der Waals surface area (Å²) in [6, 6.07) is 9.54. The number of hydrogen-bond donors (Lipinski definition) is 1. The molecule has 1 aliphatic rings. The van der Waals surface area contributed by atoms with Gasteiger partial charge in [0.15, 0.2) is 5.96 Å². The third-order valence-electron chi connectivity index (χ3n) is 4.47. The highest BCUT2D eigenvalue weighted by molar-refractivity contribution is 5.80. The molecule has 1 aromatic carbocycles. The molecular weight excluding hydrogens is 348 g/mol. The number of aliphatic imine (C=N–C) groups is 1. The molecule has 0 atom stereocenters. The number of nitrogens with zero attached hydrogens (tertiary/aromatic N) is 4. The second-order valence-corrected chi connectivity index (χ2v) is 6.43. The zero-order valence-electron chi connectivity index (χ0n) is 15.5. The van der Waals surface area contributed by atoms with E-state index in [0.717, 1.165) is 50.6 Å². The molecule has 0 aliphatic carbocycles. The largest absolute Gasteiger partial charge is 0.357 e. The van der Waals surface area contributed by atoms with Gasteiger partial charge >= 0.3 is 0 Å². The lowest BCUT2D eigenvalue weighted by Gasteiger charge is -2.37. The van der Waals surface area contributed by atoms with E-state index in [1.807, 2.05) is 31.3 Å². The fraction of sp³-hybridized carbons (Fsp3) is 0.400. The normalized spacial score (nSPS) is 15.1. The highest BCUT2D eigenvalue weighted by Gasteiger charge is 2.20. The van der Waals surface area contributed by atoms with Crippen molar-refractivity contribution < 1.29 is 8.78 Å². The maximum Gasteiger partial charge on any atom is 0.194 e. The average Bonchev–Trinajstić information content (AvgIpc) is 2.67. The average molecular weight is 373 g/mol. The van der Waals surface area contributed by atoms with Crippen LogP contribution >= 0.6 is 0 Å². The molecule has 5 nitrogen and oxygen atoms in total. The topological polar surface area (TPSA) is 43.8 Å². The van der Waals surface area contributed by atoms with E-state index in [1.165, 1.54) is 12.1 Å². The minimum Gasteiger partial charge on any atom is -0.357 e. The number of piperazine rings is 1. The minimum absolute atomic E-state index is 0.478. The number of rotatable bonds is 5. The Kier molecular flexibility index (Phi) is 6.57. The van der Waals surface area contributed by atoms with E-state index in [1.54, 1.807) is 0 Å². The fourth-order valence-corrected chi connectivity index (χ4v) is 3.16. The molecule has 0 unspecified atom stereocenters. The van der Waals surface area contributed by atoms with Gasteiger partial charge in [-0.15, -0.1) is 0 Å². The summed E-state index contributed by atoms with van der Waals surface area (Å²) >= 11 is 0. The van der Waals surface area contributed by atoms with Crippen molar-refractivity contribution in [1.29, 1.82) is 0 Å². The maximum atomic E-state index is 13.3. The van der Waals surface area contributed by atoms with E-state index in [2.05, 4.69) is 25.1 Å². The van der Waals surface area contributed by atoms with Gasteiger partial charge in [0.05, 0.1) is 0 Å². The van der Waals surface area contributed by atoms with E-state index >= 15 is 0 Å². The van der Waals surface area contributed by atoms with Crippen molar-refractivity contribution in [2.45, 2.75) is 13.3 Å². The third-order valence-corrected chi connectivity index (χ3v) is 4.47. The Balaban J connectivity index is 1.57. The predicted octanol–water partition coefficient (Wildman–Crippen LogP) is 2.69. The summed E-state index contributed by atoms with van der Waals surface area (Å²) < 4.78 is 26.6. The number of guanidine groups is 1. The molecule has 1 aliphatic heterocycles. The van der Waals surface area contributed by atoms with Gasteiger partial charge in [-0.25, -0.2) is 13.8 Å². The summed E-state index contributed by atoms with van der Waals surface area (Å²) in [7, 11) is 0. The van der Waals surface area contributed by atoms with E-state index in [0.29, 0.717) is 18.5 Å². The number of aromatic nitrogens is 1. The van der Waals surface area contributed by atoms with Crippen molar-refractivity contribution in [3.8, 4) is 0 Å². The number of pyridine rings is 1. The molecule has 3 rings (SSSR count). The van der Waals surface area contributed by atoms with Crippen molar-refractivity contribution in [2.24, 2.45) is 4.99 Å². The summed E-state index contributed by atoms with van der Waals surface area (Å²) in [5, 5.41) is 3.31. The molecule has 27 heavy (non-hydrogen) atoms. The molecule has 144 valence electrons. The number of benzene rings is 1. The van der Waals surface area contributed by atoms with Crippen LogP contribution < -0.4 is 10.2 Å². The summed E-state index contributed by atoms with van der Waals surface area (Å²) in [5.74, 6) is 0.736. The molecule has 1 saturated heterocycles. The predicted molar refractivity (Wildman–Crippen MR) is 104 cm³/mol. The van der Waals surface area contributed by atoms with Gasteiger partial charge in [0, 0.05) is 51.5 Å². The molecule has 0 bridgehead atoms. The first-order chi connectivity index (χ1) is 13.2. The van der Waals surface area contributed by atoms with Gasteiger partial charge in [-0.2, -0.15) is 0 Å². The Morgan fingerprint density at radius 2 is 1.85 bits per heavy atom. The second kappa shape index (κ2) is 9.30. The SMILES string of the molecule is CCNC(=NCCc1cc(F)cc(F)c1)N1CCN(c2ccccn2)CC1. The van der Waals surface area contributed by atoms with E-state index in [4.69, 9.17) is 0 Å². The number of nitrogens with one attached hydrogen (secondary N) is 1. The molecule has 0 saturated carbocycles. The highest BCUT2D eigenvalue weighted by Crippen LogP contribution is 2.13. The van der Waals surface area contributed by atoms with Crippen molar-refractivity contribution in [3.63, 3.8) is 0 Å². The van der Waals surface area contributed by atoms with Crippen LogP contribution in [-0.2, 0) is 6.42 Å². The van der Waals surface area contributed by atoms with Crippen LogP contribution in [0, 0.1) is 11.6 Å². The van der Waals surface area contributed by atoms with Crippen molar-refractivity contribution >= 4 is 11.8 Å². The van der Waals surface area contributed by atoms with Crippen LogP contribution in [0.3, 0.4) is 0 Å². The second-order valence-electron chi connectivity index (χ2n) is 6.43. The van der Waals surface area contributed by atoms with E-state index in [9.17, 15) is 8.78 Å². The lowest BCUT2D eigenvalue weighted by atomic mass is 10.1. The first-order valence-electron chi connectivity index (χ1n) is 9.30. The molecule has 0 radical (unpaired) electrons. The number of hydrogen-bond acceptors (Lipinski definition) is 3. The Hall–Kier alpha value is -2.70. The number of halogens is 2. The van der Waals surface area contributed by atoms with Crippen molar-refractivity contribution in [1.82, 2.24) is 15.2 Å². The third kappa shape index (κ3) is 5.39. The lowest BCUT2D eigenvalue weighted by Crippen LogP contribution is -2.52. The van der Waals surface area contributed by atoms with Gasteiger partial charge in [-0.3, -0.25) is 4.99 Å². The van der Waals surface area contributed by atoms with Crippen LogP contribution in [0.4, 0.5) is 14.6 Å². The van der Waals surface area contributed by atoms with Crippen LogP contribution in [0.5, 0.6) is 0 Å². The Morgan fingerprint density at radius 1 is 1.11 bits per heavy atom. The molecule has 2 heterocycles. The first-order valence-corrected chi connectivity index (χ1v) is 9.30. The van der Waals surface area contributed by atoms with E-state index in [-0.39, 0.29) is 0 Å². The zero-order valence-corrected chi connectivity index (χ0v) is 15.5. The maximum absolute atomic E-state index is 13.3. The zero-order chi connectivity index (χ0) is 19.1. The molecule has 1 N–H and O–H groups in total. The van der Waals surface area contributed by atoms with Crippen LogP contribution in [0.1, 0.15) is 12.5 Å². The van der Waals surface area contributed by atoms with Gasteiger partial charge < -0.3 is 15.1 Å². The highest BCUT2D eigenvalue weighted by atomic mass is 19.1. The Morgan fingerprint density at radius 3 is 2.48 bits per heavy atom. The molecule has 0 spiro atoms. The van der Waals surface area contributed by atoms with Gasteiger partial charge in [0.2, 0.25) is 0 Å². The van der Waals surface area contributed by atoms with Crippen molar-refractivity contribution in [3.05, 3.63) is 59.8 Å². The van der Waals surface area contributed by atoms with Crippen LogP contribution in [0.2, 0.25) is 0 Å². The standard InChI is InChI=1S/C20H25F2N5/c1-2-23-20(25-8-6-16-13-17(21)15-18(22)14-16)27-11-9-26(10-12-27)19-5-3-4-7-24-19/h3-5,7,13-15H,2,6,8-12H2,1H3,(H,23,25). The molecular formula is C20H25F2N5. The summed E-state index contributed by atoms with van der Waals surface area (Å²) in [6.45, 7) is 6.71. The fourth-order valence-electron chi connectivity index (χ4n) is 3.16. The van der Waals surface area contributed by atoms with Crippen LogP contribution in [-0.4, -0.2) is 55.1 Å². The van der Waals surface area contributed by atoms with Crippen LogP contribution in [0.25, 0.3) is 0 Å². The molecule has 2 aromatic rings. The smallest absolute Gasteiger partial charge is 0.194 e.